The van der Waals surface area contributed by atoms with Crippen LogP contribution in [0.25, 0.3) is 0 Å². The second kappa shape index (κ2) is 7.95. The summed E-state index contributed by atoms with van der Waals surface area (Å²) in [4.78, 5) is 23.1. The number of rotatable bonds is 6. The van der Waals surface area contributed by atoms with Gasteiger partial charge in [-0.2, -0.15) is 0 Å². The molecule has 0 aromatic carbocycles. The van der Waals surface area contributed by atoms with Gasteiger partial charge in [-0.3, -0.25) is 0 Å². The van der Waals surface area contributed by atoms with E-state index in [9.17, 15) is 4.79 Å². The van der Waals surface area contributed by atoms with E-state index < -0.39 is 0 Å². The van der Waals surface area contributed by atoms with Crippen molar-refractivity contribution < 1.29 is 4.79 Å². The van der Waals surface area contributed by atoms with Crippen molar-refractivity contribution in [3.05, 3.63) is 23.8 Å². The summed E-state index contributed by atoms with van der Waals surface area (Å²) in [5, 5.41) is 3.03. The maximum Gasteiger partial charge on any atom is 0.317 e. The summed E-state index contributed by atoms with van der Waals surface area (Å²) in [6, 6.07) is 0.343. The molecule has 0 aliphatic heterocycles. The molecule has 24 heavy (non-hydrogen) atoms. The zero-order valence-electron chi connectivity index (χ0n) is 15.0. The molecule has 132 valence electrons. The van der Waals surface area contributed by atoms with Gasteiger partial charge in [0.25, 0.3) is 0 Å². The molecule has 3 rings (SSSR count). The molecule has 0 bridgehead atoms. The Morgan fingerprint density at radius 1 is 1.21 bits per heavy atom. The third kappa shape index (κ3) is 4.46. The molecule has 1 atom stereocenters. The van der Waals surface area contributed by atoms with Gasteiger partial charge in [-0.1, -0.05) is 19.3 Å². The van der Waals surface area contributed by atoms with E-state index in [4.69, 9.17) is 0 Å². The lowest BCUT2D eigenvalue weighted by Crippen LogP contribution is -2.46. The Morgan fingerprint density at radius 2 is 1.88 bits per heavy atom. The Morgan fingerprint density at radius 3 is 2.50 bits per heavy atom. The molecule has 1 heterocycles. The van der Waals surface area contributed by atoms with E-state index in [0.717, 1.165) is 17.8 Å². The molecule has 5 heteroatoms. The summed E-state index contributed by atoms with van der Waals surface area (Å²) in [6.07, 6.45) is 13.5. The zero-order chi connectivity index (χ0) is 16.9. The summed E-state index contributed by atoms with van der Waals surface area (Å²) >= 11 is 0. The van der Waals surface area contributed by atoms with Crippen molar-refractivity contribution in [1.82, 2.24) is 20.2 Å². The SMILES string of the molecule is C[C@@H](C1CCCCC1)N(C)C(=O)NCCc1cnc(C2CC2)nc1. The molecule has 1 N–H and O–H groups in total. The van der Waals surface area contributed by atoms with Crippen LogP contribution in [0.3, 0.4) is 0 Å². The Labute approximate surface area is 145 Å². The van der Waals surface area contributed by atoms with Gasteiger partial charge in [0.1, 0.15) is 5.82 Å². The fourth-order valence-corrected chi connectivity index (χ4v) is 3.60. The Balaban J connectivity index is 1.40. The van der Waals surface area contributed by atoms with Gasteiger partial charge >= 0.3 is 6.03 Å². The van der Waals surface area contributed by atoms with Crippen LogP contribution in [0.1, 0.15) is 69.2 Å². The molecule has 0 unspecified atom stereocenters. The van der Waals surface area contributed by atoms with E-state index >= 15 is 0 Å². The predicted octanol–water partition coefficient (Wildman–Crippen LogP) is 3.51. The molecule has 2 fully saturated rings. The van der Waals surface area contributed by atoms with Crippen LogP contribution in [0.15, 0.2) is 12.4 Å². The first-order valence-corrected chi connectivity index (χ1v) is 9.46. The molecule has 2 aliphatic carbocycles. The third-order valence-electron chi connectivity index (χ3n) is 5.62. The van der Waals surface area contributed by atoms with Gasteiger partial charge in [0.15, 0.2) is 0 Å². The van der Waals surface area contributed by atoms with E-state index in [1.165, 1.54) is 44.9 Å². The molecule has 1 aromatic rings. The average Bonchev–Trinajstić information content (AvgIpc) is 3.47. The van der Waals surface area contributed by atoms with E-state index in [-0.39, 0.29) is 6.03 Å². The second-order valence-corrected chi connectivity index (χ2v) is 7.46. The number of hydrogen-bond donors (Lipinski definition) is 1. The summed E-state index contributed by atoms with van der Waals surface area (Å²) in [7, 11) is 1.92. The van der Waals surface area contributed by atoms with Crippen LogP contribution in [0.4, 0.5) is 4.79 Å². The highest BCUT2D eigenvalue weighted by molar-refractivity contribution is 5.74. The Hall–Kier alpha value is -1.65. The first-order chi connectivity index (χ1) is 11.6. The predicted molar refractivity (Wildman–Crippen MR) is 94.9 cm³/mol. The molecular formula is C19H30N4O. The van der Waals surface area contributed by atoms with Gasteiger partial charge in [-0.25, -0.2) is 14.8 Å². The molecule has 0 saturated heterocycles. The van der Waals surface area contributed by atoms with Crippen molar-refractivity contribution in [2.45, 2.75) is 70.3 Å². The molecule has 0 spiro atoms. The van der Waals surface area contributed by atoms with E-state index in [1.807, 2.05) is 24.3 Å². The largest absolute Gasteiger partial charge is 0.338 e. The van der Waals surface area contributed by atoms with Gasteiger partial charge in [0, 0.05) is 37.9 Å². The molecule has 2 aliphatic rings. The number of urea groups is 1. The van der Waals surface area contributed by atoms with Gasteiger partial charge in [-0.05, 0) is 50.5 Å². The topological polar surface area (TPSA) is 58.1 Å². The highest BCUT2D eigenvalue weighted by Gasteiger charge is 2.26. The number of carbonyl (C=O) groups excluding carboxylic acids is 1. The minimum absolute atomic E-state index is 0.0311. The number of nitrogens with one attached hydrogen (secondary N) is 1. The highest BCUT2D eigenvalue weighted by Crippen LogP contribution is 2.37. The highest BCUT2D eigenvalue weighted by atomic mass is 16.2. The van der Waals surface area contributed by atoms with Crippen molar-refractivity contribution in [1.29, 1.82) is 0 Å². The van der Waals surface area contributed by atoms with Gasteiger partial charge < -0.3 is 10.2 Å². The van der Waals surface area contributed by atoms with Crippen molar-refractivity contribution in [2.75, 3.05) is 13.6 Å². The average molecular weight is 330 g/mol. The van der Waals surface area contributed by atoms with Crippen LogP contribution in [0, 0.1) is 5.92 Å². The van der Waals surface area contributed by atoms with Crippen LogP contribution in [-0.4, -0.2) is 40.5 Å². The molecule has 2 saturated carbocycles. The normalized spacial score (nSPS) is 19.8. The van der Waals surface area contributed by atoms with E-state index in [1.54, 1.807) is 0 Å². The van der Waals surface area contributed by atoms with Crippen LogP contribution in [0.2, 0.25) is 0 Å². The van der Waals surface area contributed by atoms with E-state index in [2.05, 4.69) is 22.2 Å². The minimum Gasteiger partial charge on any atom is -0.338 e. The van der Waals surface area contributed by atoms with Gasteiger partial charge in [-0.15, -0.1) is 0 Å². The quantitative estimate of drug-likeness (QED) is 0.868. The summed E-state index contributed by atoms with van der Waals surface area (Å²) in [5.74, 6) is 2.22. The fourth-order valence-electron chi connectivity index (χ4n) is 3.60. The zero-order valence-corrected chi connectivity index (χ0v) is 15.0. The summed E-state index contributed by atoms with van der Waals surface area (Å²) < 4.78 is 0. The van der Waals surface area contributed by atoms with Crippen LogP contribution >= 0.6 is 0 Å². The lowest BCUT2D eigenvalue weighted by Gasteiger charge is -2.34. The smallest absolute Gasteiger partial charge is 0.317 e. The number of aromatic nitrogens is 2. The molecule has 2 amide bonds. The number of nitrogens with zero attached hydrogens (tertiary/aromatic N) is 3. The lowest BCUT2D eigenvalue weighted by molar-refractivity contribution is 0.156. The number of hydrogen-bond acceptors (Lipinski definition) is 3. The van der Waals surface area contributed by atoms with Crippen molar-refractivity contribution in [2.24, 2.45) is 5.92 Å². The van der Waals surface area contributed by atoms with Gasteiger partial charge in [0.05, 0.1) is 0 Å². The van der Waals surface area contributed by atoms with Crippen LogP contribution in [-0.2, 0) is 6.42 Å². The molecule has 1 aromatic heterocycles. The lowest BCUT2D eigenvalue weighted by atomic mass is 9.84. The minimum atomic E-state index is 0.0311. The molecular weight excluding hydrogens is 300 g/mol. The maximum absolute atomic E-state index is 12.4. The summed E-state index contributed by atoms with van der Waals surface area (Å²) in [5.41, 5.74) is 1.09. The van der Waals surface area contributed by atoms with Gasteiger partial charge in [0.2, 0.25) is 0 Å². The summed E-state index contributed by atoms with van der Waals surface area (Å²) in [6.45, 7) is 2.81. The second-order valence-electron chi connectivity index (χ2n) is 7.46. The molecule has 5 nitrogen and oxygen atoms in total. The van der Waals surface area contributed by atoms with Crippen LogP contribution in [0.5, 0.6) is 0 Å². The van der Waals surface area contributed by atoms with Crippen molar-refractivity contribution in [3.63, 3.8) is 0 Å². The number of amides is 2. The monoisotopic (exact) mass is 330 g/mol. The third-order valence-corrected chi connectivity index (χ3v) is 5.62. The van der Waals surface area contributed by atoms with Crippen molar-refractivity contribution >= 4 is 6.03 Å². The number of carbonyl (C=O) groups is 1. The first kappa shape index (κ1) is 17.2. The van der Waals surface area contributed by atoms with Crippen molar-refractivity contribution in [3.8, 4) is 0 Å². The first-order valence-electron chi connectivity index (χ1n) is 9.46. The Bertz CT molecular complexity index is 535. The van der Waals surface area contributed by atoms with Crippen LogP contribution < -0.4 is 5.32 Å². The van der Waals surface area contributed by atoms with E-state index in [0.29, 0.717) is 24.4 Å². The maximum atomic E-state index is 12.4. The Kier molecular flexibility index (Phi) is 5.69. The standard InChI is InChI=1S/C19H30N4O/c1-14(16-6-4-3-5-7-16)23(2)19(24)20-11-10-15-12-21-18(22-13-15)17-8-9-17/h12-14,16-17H,3-11H2,1-2H3,(H,20,24)/t14-/m0/s1. The fraction of sp³-hybridized carbons (Fsp3) is 0.737. The molecule has 0 radical (unpaired) electrons.